The number of aryl methyl sites for hydroxylation is 1. The molecule has 2 aromatic rings. The second kappa shape index (κ2) is 10.1. The molecule has 1 atom stereocenters. The van der Waals surface area contributed by atoms with E-state index in [4.69, 9.17) is 5.73 Å². The Hall–Kier alpha value is -2.82. The van der Waals surface area contributed by atoms with Crippen LogP contribution in [0.4, 0.5) is 10.1 Å². The molecule has 156 valence electrons. The van der Waals surface area contributed by atoms with E-state index >= 15 is 0 Å². The van der Waals surface area contributed by atoms with Crippen LogP contribution in [-0.2, 0) is 11.2 Å². The molecule has 0 spiro atoms. The molecule has 0 aliphatic carbocycles. The van der Waals surface area contributed by atoms with Crippen molar-refractivity contribution in [1.82, 2.24) is 5.32 Å². The van der Waals surface area contributed by atoms with E-state index in [1.54, 1.807) is 6.07 Å². The third-order valence-electron chi connectivity index (χ3n) is 5.30. The second-order valence-electron chi connectivity index (χ2n) is 7.25. The Labute approximate surface area is 173 Å². The van der Waals surface area contributed by atoms with Gasteiger partial charge in [-0.2, -0.15) is 0 Å². The summed E-state index contributed by atoms with van der Waals surface area (Å²) in [7, 11) is 1.21. The van der Waals surface area contributed by atoms with Gasteiger partial charge in [-0.3, -0.25) is 0 Å². The van der Waals surface area contributed by atoms with Crippen LogP contribution in [0.15, 0.2) is 42.1 Å². The van der Waals surface area contributed by atoms with Crippen LogP contribution < -0.4 is 11.1 Å². The number of nitrogens with two attached hydrogens (primary N) is 1. The molecule has 29 heavy (non-hydrogen) atoms. The summed E-state index contributed by atoms with van der Waals surface area (Å²) in [5.74, 6) is -1.40. The van der Waals surface area contributed by atoms with Gasteiger partial charge in [0.15, 0.2) is 0 Å². The molecule has 0 radical (unpaired) electrons. The van der Waals surface area contributed by atoms with Gasteiger partial charge in [-0.05, 0) is 68.0 Å². The lowest BCUT2D eigenvalue weighted by atomic mass is 9.84. The van der Waals surface area contributed by atoms with E-state index in [0.29, 0.717) is 6.42 Å². The largest absolute Gasteiger partial charge is 0.465 e. The van der Waals surface area contributed by atoms with Crippen molar-refractivity contribution >= 4 is 11.7 Å². The zero-order chi connectivity index (χ0) is 21.6. The van der Waals surface area contributed by atoms with E-state index in [-0.39, 0.29) is 17.2 Å². The maximum Gasteiger partial charge on any atom is 0.342 e. The lowest BCUT2D eigenvalue weighted by Gasteiger charge is -2.25. The Kier molecular flexibility index (Phi) is 7.82. The molecule has 0 saturated heterocycles. The highest BCUT2D eigenvalue weighted by molar-refractivity contribution is 5.95. The summed E-state index contributed by atoms with van der Waals surface area (Å²) in [6.45, 7) is 9.19. The summed E-state index contributed by atoms with van der Waals surface area (Å²) >= 11 is 0. The van der Waals surface area contributed by atoms with Crippen LogP contribution in [0.3, 0.4) is 0 Å². The van der Waals surface area contributed by atoms with E-state index in [1.165, 1.54) is 29.9 Å². The quantitative estimate of drug-likeness (QED) is 0.483. The number of hydrogen-bond donors (Lipinski definition) is 2. The van der Waals surface area contributed by atoms with Gasteiger partial charge in [-0.15, -0.1) is 0 Å². The minimum Gasteiger partial charge on any atom is -0.465 e. The SMILES string of the molecule is C/C=C(\NCCC)C(Cc1cc(N)c(C(=O)OC)c(F)c1)c1cccc(C)c1C. The van der Waals surface area contributed by atoms with Crippen LogP contribution in [0, 0.1) is 19.7 Å². The molecule has 0 aliphatic rings. The van der Waals surface area contributed by atoms with E-state index < -0.39 is 11.8 Å². The molecule has 2 rings (SSSR count). The molecular weight excluding hydrogens is 367 g/mol. The summed E-state index contributed by atoms with van der Waals surface area (Å²) in [5.41, 5.74) is 11.3. The Morgan fingerprint density at radius 3 is 2.62 bits per heavy atom. The summed E-state index contributed by atoms with van der Waals surface area (Å²) in [4.78, 5) is 11.8. The first kappa shape index (κ1) is 22.5. The van der Waals surface area contributed by atoms with Crippen LogP contribution >= 0.6 is 0 Å². The average molecular weight is 399 g/mol. The van der Waals surface area contributed by atoms with Crippen molar-refractivity contribution in [2.24, 2.45) is 0 Å². The number of ether oxygens (including phenoxy) is 1. The maximum atomic E-state index is 14.6. The number of methoxy groups -OCH3 is 1. The fourth-order valence-electron chi connectivity index (χ4n) is 3.59. The van der Waals surface area contributed by atoms with Crippen LogP contribution in [-0.4, -0.2) is 19.6 Å². The molecule has 4 nitrogen and oxygen atoms in total. The Morgan fingerprint density at radius 2 is 2.03 bits per heavy atom. The number of hydrogen-bond acceptors (Lipinski definition) is 4. The molecule has 5 heteroatoms. The Balaban J connectivity index is 2.50. The number of halogens is 1. The van der Waals surface area contributed by atoms with Crippen molar-refractivity contribution in [1.29, 1.82) is 0 Å². The van der Waals surface area contributed by atoms with Crippen molar-refractivity contribution < 1.29 is 13.9 Å². The number of benzene rings is 2. The number of nitrogen functional groups attached to an aromatic ring is 1. The molecule has 3 N–H and O–H groups in total. The van der Waals surface area contributed by atoms with Gasteiger partial charge in [0, 0.05) is 23.8 Å². The van der Waals surface area contributed by atoms with Crippen LogP contribution in [0.5, 0.6) is 0 Å². The van der Waals surface area contributed by atoms with E-state index in [0.717, 1.165) is 24.2 Å². The predicted molar refractivity (Wildman–Crippen MR) is 117 cm³/mol. The summed E-state index contributed by atoms with van der Waals surface area (Å²) in [6.07, 6.45) is 3.64. The Morgan fingerprint density at radius 1 is 1.31 bits per heavy atom. The highest BCUT2D eigenvalue weighted by atomic mass is 19.1. The topological polar surface area (TPSA) is 64.3 Å². The number of carbonyl (C=O) groups excluding carboxylic acids is 1. The molecule has 0 fully saturated rings. The number of rotatable bonds is 8. The number of allylic oxidation sites excluding steroid dienone is 2. The first-order valence-corrected chi connectivity index (χ1v) is 9.96. The van der Waals surface area contributed by atoms with Gasteiger partial charge >= 0.3 is 5.97 Å². The van der Waals surface area contributed by atoms with Gasteiger partial charge in [0.1, 0.15) is 11.4 Å². The molecule has 0 heterocycles. The smallest absolute Gasteiger partial charge is 0.342 e. The van der Waals surface area contributed by atoms with Gasteiger partial charge in [0.2, 0.25) is 0 Å². The highest BCUT2D eigenvalue weighted by Gasteiger charge is 2.22. The zero-order valence-electron chi connectivity index (χ0n) is 17.9. The van der Waals surface area contributed by atoms with Crippen molar-refractivity contribution in [2.45, 2.75) is 46.5 Å². The first-order valence-electron chi connectivity index (χ1n) is 9.96. The standard InChI is InChI=1S/C24H31FN2O2/c1-6-11-27-22(7-2)19(18-10-8-9-15(3)16(18)4)12-17-13-20(25)23(21(26)14-17)24(28)29-5/h7-10,13-14,19,27H,6,11-12,26H2,1-5H3/b22-7-. The number of esters is 1. The molecule has 2 aromatic carbocycles. The lowest BCUT2D eigenvalue weighted by molar-refractivity contribution is 0.0597. The van der Waals surface area contributed by atoms with E-state index in [1.807, 2.05) is 13.0 Å². The monoisotopic (exact) mass is 398 g/mol. The van der Waals surface area contributed by atoms with Gasteiger partial charge in [-0.1, -0.05) is 31.2 Å². The van der Waals surface area contributed by atoms with E-state index in [2.05, 4.69) is 49.0 Å². The maximum absolute atomic E-state index is 14.6. The van der Waals surface area contributed by atoms with E-state index in [9.17, 15) is 9.18 Å². The number of carbonyl (C=O) groups is 1. The molecule has 0 aromatic heterocycles. The van der Waals surface area contributed by atoms with Crippen LogP contribution in [0.2, 0.25) is 0 Å². The minimum absolute atomic E-state index is 0.0224. The van der Waals surface area contributed by atoms with Gasteiger partial charge < -0.3 is 15.8 Å². The zero-order valence-corrected chi connectivity index (χ0v) is 17.9. The molecule has 0 bridgehead atoms. The Bertz CT molecular complexity index is 883. The molecule has 0 saturated carbocycles. The molecule has 0 amide bonds. The summed E-state index contributed by atoms with van der Waals surface area (Å²) in [5, 5.41) is 3.51. The molecule has 1 unspecified atom stereocenters. The first-order chi connectivity index (χ1) is 13.8. The van der Waals surface area contributed by atoms with Gasteiger partial charge in [-0.25, -0.2) is 9.18 Å². The fraction of sp³-hybridized carbons (Fsp3) is 0.375. The van der Waals surface area contributed by atoms with Crippen molar-refractivity contribution in [3.05, 3.63) is 75.7 Å². The van der Waals surface area contributed by atoms with Crippen molar-refractivity contribution in [3.8, 4) is 0 Å². The molecule has 0 aliphatic heterocycles. The van der Waals surface area contributed by atoms with Crippen molar-refractivity contribution in [3.63, 3.8) is 0 Å². The van der Waals surface area contributed by atoms with Crippen LogP contribution in [0.1, 0.15) is 58.8 Å². The van der Waals surface area contributed by atoms with Gasteiger partial charge in [0.25, 0.3) is 0 Å². The number of anilines is 1. The number of nitrogens with one attached hydrogen (secondary N) is 1. The molecular formula is C24H31FN2O2. The third kappa shape index (κ3) is 5.17. The summed E-state index contributed by atoms with van der Waals surface area (Å²) < 4.78 is 19.3. The second-order valence-corrected chi connectivity index (χ2v) is 7.25. The predicted octanol–water partition coefficient (Wildman–Crippen LogP) is 5.04. The van der Waals surface area contributed by atoms with Crippen LogP contribution in [0.25, 0.3) is 0 Å². The minimum atomic E-state index is -0.767. The highest BCUT2D eigenvalue weighted by Crippen LogP contribution is 2.32. The lowest BCUT2D eigenvalue weighted by Crippen LogP contribution is -2.22. The fourth-order valence-corrected chi connectivity index (χ4v) is 3.59. The van der Waals surface area contributed by atoms with Gasteiger partial charge in [0.05, 0.1) is 7.11 Å². The third-order valence-corrected chi connectivity index (χ3v) is 5.30. The average Bonchev–Trinajstić information content (AvgIpc) is 2.69. The summed E-state index contributed by atoms with van der Waals surface area (Å²) in [6, 6.07) is 9.31. The normalized spacial score (nSPS) is 12.6. The van der Waals surface area contributed by atoms with Crippen molar-refractivity contribution in [2.75, 3.05) is 19.4 Å².